The third-order valence-electron chi connectivity index (χ3n) is 3.44. The molecule has 3 nitrogen and oxygen atoms in total. The molecule has 0 bridgehead atoms. The van der Waals surface area contributed by atoms with Crippen LogP contribution in [0.5, 0.6) is 5.75 Å². The summed E-state index contributed by atoms with van der Waals surface area (Å²) in [6, 6.07) is 1.53. The highest BCUT2D eigenvalue weighted by Crippen LogP contribution is 2.36. The zero-order valence-electron chi connectivity index (χ0n) is 11.5. The van der Waals surface area contributed by atoms with Crippen molar-refractivity contribution in [2.75, 3.05) is 26.2 Å². The summed E-state index contributed by atoms with van der Waals surface area (Å²) in [6.45, 7) is 3.60. The molecule has 1 fully saturated rings. The smallest absolute Gasteiger partial charge is 0.258 e. The van der Waals surface area contributed by atoms with E-state index in [2.05, 4.69) is 5.32 Å². The maximum absolute atomic E-state index is 13.7. The minimum Gasteiger partial charge on any atom is -0.505 e. The molecule has 1 heterocycles. The van der Waals surface area contributed by atoms with Gasteiger partial charge in [0.1, 0.15) is 6.04 Å². The Morgan fingerprint density at radius 2 is 1.76 bits per heavy atom. The van der Waals surface area contributed by atoms with Crippen molar-refractivity contribution in [3.05, 3.63) is 29.1 Å². The van der Waals surface area contributed by atoms with Gasteiger partial charge in [0.15, 0.2) is 11.6 Å². The molecule has 1 aliphatic rings. The number of alkyl halides is 2. The van der Waals surface area contributed by atoms with Crippen molar-refractivity contribution in [3.63, 3.8) is 0 Å². The predicted molar refractivity (Wildman–Crippen MR) is 80.5 cm³/mol. The van der Waals surface area contributed by atoms with E-state index in [4.69, 9.17) is 0 Å². The van der Waals surface area contributed by atoms with E-state index in [1.165, 1.54) is 19.1 Å². The molecule has 1 aromatic carbocycles. The van der Waals surface area contributed by atoms with Crippen molar-refractivity contribution in [2.24, 2.45) is 0 Å². The Kier molecular flexibility index (Phi) is 8.39. The Hall–Kier alpha value is -0.690. The van der Waals surface area contributed by atoms with E-state index in [0.29, 0.717) is 26.2 Å². The Balaban J connectivity index is 0.00000200. The largest absolute Gasteiger partial charge is 0.505 e. The second-order valence-corrected chi connectivity index (χ2v) is 4.70. The summed E-state index contributed by atoms with van der Waals surface area (Å²) in [6.07, 6.45) is -2.67. The third kappa shape index (κ3) is 4.39. The molecule has 1 aromatic rings. The van der Waals surface area contributed by atoms with Crippen molar-refractivity contribution in [3.8, 4) is 5.75 Å². The minimum atomic E-state index is -2.67. The first-order valence-corrected chi connectivity index (χ1v) is 6.23. The van der Waals surface area contributed by atoms with Crippen molar-refractivity contribution in [2.45, 2.75) is 19.4 Å². The topological polar surface area (TPSA) is 35.5 Å². The summed E-state index contributed by atoms with van der Waals surface area (Å²) in [4.78, 5) is 1.57. The van der Waals surface area contributed by atoms with Crippen LogP contribution < -0.4 is 5.32 Å². The van der Waals surface area contributed by atoms with E-state index in [1.54, 1.807) is 4.90 Å². The number of hydrogen-bond donors (Lipinski definition) is 2. The van der Waals surface area contributed by atoms with Gasteiger partial charge in [0.05, 0.1) is 0 Å². The minimum absolute atomic E-state index is 0. The molecule has 21 heavy (non-hydrogen) atoms. The average molecular weight is 347 g/mol. The maximum atomic E-state index is 13.7. The summed E-state index contributed by atoms with van der Waals surface area (Å²) >= 11 is 0. The van der Waals surface area contributed by atoms with Gasteiger partial charge in [-0.3, -0.25) is 4.90 Å². The molecule has 0 unspecified atom stereocenters. The molecule has 0 amide bonds. The molecule has 0 spiro atoms. The van der Waals surface area contributed by atoms with Gasteiger partial charge < -0.3 is 10.4 Å². The molecule has 1 aliphatic heterocycles. The number of piperazine rings is 1. The summed E-state index contributed by atoms with van der Waals surface area (Å²) in [5, 5.41) is 12.8. The molecule has 1 saturated heterocycles. The molecule has 122 valence electrons. The van der Waals surface area contributed by atoms with Crippen molar-refractivity contribution < 1.29 is 18.3 Å². The van der Waals surface area contributed by atoms with Crippen LogP contribution in [0, 0.1) is 12.7 Å². The number of aromatic hydroxyl groups is 1. The summed E-state index contributed by atoms with van der Waals surface area (Å²) in [7, 11) is 0. The lowest BCUT2D eigenvalue weighted by molar-refractivity contribution is 0.0168. The van der Waals surface area contributed by atoms with E-state index < -0.39 is 24.0 Å². The van der Waals surface area contributed by atoms with E-state index in [0.717, 1.165) is 0 Å². The van der Waals surface area contributed by atoms with Crippen molar-refractivity contribution in [1.29, 1.82) is 0 Å². The molecule has 0 saturated carbocycles. The summed E-state index contributed by atoms with van der Waals surface area (Å²) in [5.41, 5.74) is 0.203. The van der Waals surface area contributed by atoms with Gasteiger partial charge in [-0.15, -0.1) is 24.8 Å². The summed E-state index contributed by atoms with van der Waals surface area (Å²) < 4.78 is 40.2. The number of nitrogens with zero attached hydrogens (tertiary/aromatic N) is 1. The van der Waals surface area contributed by atoms with Crippen LogP contribution in [-0.4, -0.2) is 42.6 Å². The van der Waals surface area contributed by atoms with Gasteiger partial charge in [0, 0.05) is 31.7 Å². The molecular weight excluding hydrogens is 328 g/mol. The van der Waals surface area contributed by atoms with Crippen molar-refractivity contribution in [1.82, 2.24) is 10.2 Å². The first-order valence-electron chi connectivity index (χ1n) is 6.23. The first kappa shape index (κ1) is 20.3. The molecular formula is C13H19Cl2F3N2O. The Morgan fingerprint density at radius 3 is 2.29 bits per heavy atom. The highest BCUT2D eigenvalue weighted by atomic mass is 35.5. The predicted octanol–water partition coefficient (Wildman–Crippen LogP) is 2.89. The van der Waals surface area contributed by atoms with Crippen LogP contribution in [0.15, 0.2) is 12.1 Å². The van der Waals surface area contributed by atoms with E-state index >= 15 is 0 Å². The normalized spacial score (nSPS) is 17.0. The van der Waals surface area contributed by atoms with Gasteiger partial charge in [0.25, 0.3) is 6.43 Å². The van der Waals surface area contributed by atoms with Crippen molar-refractivity contribution >= 4 is 24.8 Å². The monoisotopic (exact) mass is 346 g/mol. The number of phenols is 1. The lowest BCUT2D eigenvalue weighted by Gasteiger charge is -2.35. The number of nitrogens with one attached hydrogen (secondary N) is 1. The first-order chi connectivity index (χ1) is 9.02. The molecule has 8 heteroatoms. The highest BCUT2D eigenvalue weighted by Gasteiger charge is 2.33. The lowest BCUT2D eigenvalue weighted by Crippen LogP contribution is -2.46. The van der Waals surface area contributed by atoms with Gasteiger partial charge in [-0.05, 0) is 12.5 Å². The SMILES string of the molecule is Cc1ccc([C@H](C(F)F)N2CCNCC2)c(O)c1F.Cl.Cl. The Bertz CT molecular complexity index is 457. The van der Waals surface area contributed by atoms with Gasteiger partial charge in [-0.25, -0.2) is 13.2 Å². The van der Waals surface area contributed by atoms with Crippen LogP contribution in [0.25, 0.3) is 0 Å². The third-order valence-corrected chi connectivity index (χ3v) is 3.44. The van der Waals surface area contributed by atoms with Crippen LogP contribution in [0.3, 0.4) is 0 Å². The number of benzene rings is 1. The Morgan fingerprint density at radius 1 is 1.19 bits per heavy atom. The zero-order valence-corrected chi connectivity index (χ0v) is 13.1. The average Bonchev–Trinajstić information content (AvgIpc) is 2.40. The zero-order chi connectivity index (χ0) is 14.0. The standard InChI is InChI=1S/C13H17F3N2O.2ClH/c1-8-2-3-9(12(19)10(8)14)11(13(15)16)18-6-4-17-5-7-18;;/h2-3,11,13,17,19H,4-7H2,1H3;2*1H/t11-;;/m1../s1. The molecule has 2 rings (SSSR count). The molecule has 2 N–H and O–H groups in total. The number of aryl methyl sites for hydroxylation is 1. The van der Waals surface area contributed by atoms with Crippen LogP contribution >= 0.6 is 24.8 Å². The molecule has 1 atom stereocenters. The molecule has 0 radical (unpaired) electrons. The fourth-order valence-corrected chi connectivity index (χ4v) is 2.37. The van der Waals surface area contributed by atoms with Crippen LogP contribution in [0.4, 0.5) is 13.2 Å². The molecule has 0 aliphatic carbocycles. The summed E-state index contributed by atoms with van der Waals surface area (Å²) in [5.74, 6) is -1.48. The van der Waals surface area contributed by atoms with E-state index in [1.807, 2.05) is 0 Å². The number of halogens is 5. The lowest BCUT2D eigenvalue weighted by atomic mass is 10.0. The van der Waals surface area contributed by atoms with E-state index in [-0.39, 0.29) is 35.9 Å². The number of hydrogen-bond acceptors (Lipinski definition) is 3. The van der Waals surface area contributed by atoms with E-state index in [9.17, 15) is 18.3 Å². The fourth-order valence-electron chi connectivity index (χ4n) is 2.37. The second kappa shape index (κ2) is 8.68. The van der Waals surface area contributed by atoms with Gasteiger partial charge in [-0.2, -0.15) is 0 Å². The van der Waals surface area contributed by atoms with Crippen LogP contribution in [0.2, 0.25) is 0 Å². The van der Waals surface area contributed by atoms with Gasteiger partial charge in [-0.1, -0.05) is 12.1 Å². The number of phenolic OH excluding ortho intramolecular Hbond substituents is 1. The maximum Gasteiger partial charge on any atom is 0.258 e. The second-order valence-electron chi connectivity index (χ2n) is 4.70. The van der Waals surface area contributed by atoms with Gasteiger partial charge in [0.2, 0.25) is 0 Å². The number of rotatable bonds is 3. The molecule has 0 aromatic heterocycles. The van der Waals surface area contributed by atoms with Gasteiger partial charge >= 0.3 is 0 Å². The van der Waals surface area contributed by atoms with Crippen LogP contribution in [0.1, 0.15) is 17.2 Å². The fraction of sp³-hybridized carbons (Fsp3) is 0.538. The van der Waals surface area contributed by atoms with Crippen LogP contribution in [-0.2, 0) is 0 Å². The Labute approximate surface area is 134 Å². The quantitative estimate of drug-likeness (QED) is 0.883. The highest BCUT2D eigenvalue weighted by molar-refractivity contribution is 5.85.